The second-order valence-electron chi connectivity index (χ2n) is 5.27. The number of anilines is 2. The van der Waals surface area contributed by atoms with Gasteiger partial charge in [-0.05, 0) is 6.42 Å². The van der Waals surface area contributed by atoms with Crippen LogP contribution < -0.4 is 11.5 Å². The molecule has 0 unspecified atom stereocenters. The van der Waals surface area contributed by atoms with Crippen molar-refractivity contribution in [1.82, 2.24) is 19.5 Å². The molecule has 1 aliphatic rings. The van der Waals surface area contributed by atoms with E-state index in [9.17, 15) is 14.6 Å². The summed E-state index contributed by atoms with van der Waals surface area (Å²) in [7, 11) is 0. The van der Waals surface area contributed by atoms with Gasteiger partial charge in [0.25, 0.3) is 0 Å². The van der Waals surface area contributed by atoms with Crippen molar-refractivity contribution < 1.29 is 19.3 Å². The number of aromatic nitrogens is 4. The van der Waals surface area contributed by atoms with E-state index in [1.165, 1.54) is 10.9 Å². The normalized spacial score (nSPS) is 31.9. The predicted molar refractivity (Wildman–Crippen MR) is 75.3 cm³/mol. The molecule has 0 bridgehead atoms. The average Bonchev–Trinajstić information content (AvgIpc) is 3.01. The average molecular weight is 312 g/mol. The van der Waals surface area contributed by atoms with Gasteiger partial charge in [-0.15, -0.1) is 0 Å². The maximum atomic E-state index is 14.5. The van der Waals surface area contributed by atoms with Crippen LogP contribution in [0.15, 0.2) is 6.33 Å². The molecule has 1 fully saturated rings. The third kappa shape index (κ3) is 1.91. The molecule has 2 aromatic rings. The molecule has 10 heteroatoms. The number of fused-ring (bicyclic) bond motifs is 1. The first-order valence-corrected chi connectivity index (χ1v) is 6.80. The van der Waals surface area contributed by atoms with Crippen LogP contribution in [0, 0.1) is 0 Å². The zero-order chi connectivity index (χ0) is 16.1. The smallest absolute Gasteiger partial charge is 0.224 e. The zero-order valence-electron chi connectivity index (χ0n) is 11.8. The van der Waals surface area contributed by atoms with Gasteiger partial charge in [0.15, 0.2) is 23.9 Å². The Morgan fingerprint density at radius 1 is 1.45 bits per heavy atom. The Kier molecular flexibility index (Phi) is 3.38. The fourth-order valence-corrected chi connectivity index (χ4v) is 2.71. The molecule has 1 aliphatic heterocycles. The van der Waals surface area contributed by atoms with Gasteiger partial charge in [0.05, 0.1) is 12.9 Å². The first kappa shape index (κ1) is 14.9. The molecule has 3 rings (SSSR count). The van der Waals surface area contributed by atoms with Crippen LogP contribution in [-0.2, 0) is 4.74 Å². The predicted octanol–water partition coefficient (Wildman–Crippen LogP) is -0.640. The maximum absolute atomic E-state index is 14.5. The minimum atomic E-state index is -1.76. The summed E-state index contributed by atoms with van der Waals surface area (Å²) in [4.78, 5) is 11.8. The Bertz CT molecular complexity index is 703. The first-order valence-electron chi connectivity index (χ1n) is 6.80. The summed E-state index contributed by atoms with van der Waals surface area (Å²) >= 11 is 0. The minimum absolute atomic E-state index is 0.0686. The lowest BCUT2D eigenvalue weighted by Crippen LogP contribution is -2.44. The van der Waals surface area contributed by atoms with E-state index >= 15 is 0 Å². The summed E-state index contributed by atoms with van der Waals surface area (Å²) in [6.07, 6.45) is -2.89. The molecule has 9 nitrogen and oxygen atoms in total. The number of hydrogen-bond acceptors (Lipinski definition) is 8. The summed E-state index contributed by atoms with van der Waals surface area (Å²) in [5.74, 6) is -0.0104. The van der Waals surface area contributed by atoms with Gasteiger partial charge in [-0.3, -0.25) is 4.57 Å². The summed E-state index contributed by atoms with van der Waals surface area (Å²) in [6, 6.07) is 0. The lowest BCUT2D eigenvalue weighted by atomic mass is 9.94. The standard InChI is InChI=1S/C12H17FN6O3/c1-2-12(3-20)7(21)5(13)10(22-12)19-4-16-6-8(14)17-11(15)18-9(6)19/h4-5,7,10,20-21H,2-3H2,1H3,(H4,14,15,17,18)/t5-,7+,10-,12-/m1/s1. The highest BCUT2D eigenvalue weighted by atomic mass is 19.1. The summed E-state index contributed by atoms with van der Waals surface area (Å²) in [5, 5.41) is 19.6. The van der Waals surface area contributed by atoms with Crippen LogP contribution in [0.3, 0.4) is 0 Å². The van der Waals surface area contributed by atoms with Crippen LogP contribution in [-0.4, -0.2) is 54.2 Å². The van der Waals surface area contributed by atoms with Crippen LogP contribution in [0.25, 0.3) is 11.2 Å². The van der Waals surface area contributed by atoms with E-state index in [4.69, 9.17) is 16.2 Å². The van der Waals surface area contributed by atoms with Crippen LogP contribution in [0.1, 0.15) is 19.6 Å². The number of nitrogens with zero attached hydrogens (tertiary/aromatic N) is 4. The van der Waals surface area contributed by atoms with Gasteiger partial charge >= 0.3 is 0 Å². The molecule has 0 aliphatic carbocycles. The van der Waals surface area contributed by atoms with Crippen molar-refractivity contribution in [2.75, 3.05) is 18.1 Å². The van der Waals surface area contributed by atoms with E-state index in [1.54, 1.807) is 6.92 Å². The molecule has 6 N–H and O–H groups in total. The Balaban J connectivity index is 2.09. The van der Waals surface area contributed by atoms with Crippen LogP contribution in [0.4, 0.5) is 16.2 Å². The van der Waals surface area contributed by atoms with Crippen molar-refractivity contribution in [3.8, 4) is 0 Å². The fourth-order valence-electron chi connectivity index (χ4n) is 2.71. The number of nitrogen functional groups attached to an aromatic ring is 2. The third-order valence-electron chi connectivity index (χ3n) is 4.07. The van der Waals surface area contributed by atoms with Gasteiger partial charge in [0.1, 0.15) is 17.2 Å². The largest absolute Gasteiger partial charge is 0.393 e. The highest BCUT2D eigenvalue weighted by molar-refractivity contribution is 5.82. The lowest BCUT2D eigenvalue weighted by molar-refractivity contribution is -0.128. The number of hydrogen-bond donors (Lipinski definition) is 4. The van der Waals surface area contributed by atoms with Crippen LogP contribution in [0.2, 0.25) is 0 Å². The molecule has 4 atom stereocenters. The van der Waals surface area contributed by atoms with E-state index in [0.717, 1.165) is 0 Å². The number of aliphatic hydroxyl groups excluding tert-OH is 2. The molecule has 1 saturated heterocycles. The molecular weight excluding hydrogens is 295 g/mol. The topological polar surface area (TPSA) is 145 Å². The number of ether oxygens (including phenoxy) is 1. The summed E-state index contributed by atoms with van der Waals surface area (Å²) in [5.41, 5.74) is 10.4. The summed E-state index contributed by atoms with van der Waals surface area (Å²) < 4.78 is 21.4. The SMILES string of the molecule is CC[C@]1(CO)O[C@@H](n2cnc3c(N)nc(N)nc32)[C@H](F)[C@@H]1O. The first-order chi connectivity index (χ1) is 10.4. The van der Waals surface area contributed by atoms with Gasteiger partial charge < -0.3 is 26.4 Å². The van der Waals surface area contributed by atoms with Crippen molar-refractivity contribution in [3.63, 3.8) is 0 Å². The molecule has 22 heavy (non-hydrogen) atoms. The van der Waals surface area contributed by atoms with E-state index in [0.29, 0.717) is 0 Å². The van der Waals surface area contributed by atoms with Crippen molar-refractivity contribution in [3.05, 3.63) is 6.33 Å². The van der Waals surface area contributed by atoms with Gasteiger partial charge in [-0.1, -0.05) is 6.92 Å². The van der Waals surface area contributed by atoms with Crippen molar-refractivity contribution in [1.29, 1.82) is 0 Å². The van der Waals surface area contributed by atoms with E-state index < -0.39 is 30.7 Å². The van der Waals surface area contributed by atoms with Crippen molar-refractivity contribution in [2.24, 2.45) is 0 Å². The third-order valence-corrected chi connectivity index (χ3v) is 4.07. The number of nitrogens with two attached hydrogens (primary N) is 2. The number of alkyl halides is 1. The molecule has 3 heterocycles. The van der Waals surface area contributed by atoms with Gasteiger partial charge in [-0.2, -0.15) is 9.97 Å². The maximum Gasteiger partial charge on any atom is 0.224 e. The molecular formula is C12H17FN6O3. The Hall–Kier alpha value is -2.04. The van der Waals surface area contributed by atoms with Crippen LogP contribution >= 0.6 is 0 Å². The zero-order valence-corrected chi connectivity index (χ0v) is 11.8. The Morgan fingerprint density at radius 3 is 2.77 bits per heavy atom. The molecule has 120 valence electrons. The molecule has 2 aromatic heterocycles. The van der Waals surface area contributed by atoms with Gasteiger partial charge in [0, 0.05) is 0 Å². The summed E-state index contributed by atoms with van der Waals surface area (Å²) in [6.45, 7) is 1.19. The van der Waals surface area contributed by atoms with E-state index in [1.807, 2.05) is 0 Å². The van der Waals surface area contributed by atoms with Gasteiger partial charge in [0.2, 0.25) is 5.95 Å². The number of imidazole rings is 1. The van der Waals surface area contributed by atoms with Gasteiger partial charge in [-0.25, -0.2) is 9.37 Å². The minimum Gasteiger partial charge on any atom is -0.393 e. The second kappa shape index (κ2) is 5.00. The van der Waals surface area contributed by atoms with Crippen molar-refractivity contribution in [2.45, 2.75) is 37.4 Å². The lowest BCUT2D eigenvalue weighted by Gasteiger charge is -2.28. The van der Waals surface area contributed by atoms with E-state index in [2.05, 4.69) is 15.0 Å². The van der Waals surface area contributed by atoms with Crippen LogP contribution in [0.5, 0.6) is 0 Å². The highest BCUT2D eigenvalue weighted by Gasteiger charge is 2.55. The Labute approximate surface area is 124 Å². The molecule has 0 amide bonds. The quantitative estimate of drug-likeness (QED) is 0.585. The monoisotopic (exact) mass is 312 g/mol. The van der Waals surface area contributed by atoms with E-state index in [-0.39, 0.29) is 29.4 Å². The number of halogens is 1. The molecule has 0 saturated carbocycles. The number of rotatable bonds is 3. The highest BCUT2D eigenvalue weighted by Crippen LogP contribution is 2.41. The molecule has 0 spiro atoms. The Morgan fingerprint density at radius 2 is 2.18 bits per heavy atom. The van der Waals surface area contributed by atoms with Crippen molar-refractivity contribution >= 4 is 22.9 Å². The fraction of sp³-hybridized carbons (Fsp3) is 0.583. The molecule has 0 radical (unpaired) electrons. The molecule has 0 aromatic carbocycles. The second-order valence-corrected chi connectivity index (χ2v) is 5.27. The number of aliphatic hydroxyl groups is 2.